The Labute approximate surface area is 235 Å². The fraction of sp³-hybridized carbons (Fsp3) is 0.500. The normalized spacial score (nSPS) is 28.4. The summed E-state index contributed by atoms with van der Waals surface area (Å²) in [7, 11) is -7.67. The van der Waals surface area contributed by atoms with Crippen LogP contribution in [0.25, 0.3) is 0 Å². The van der Waals surface area contributed by atoms with Gasteiger partial charge in [0.15, 0.2) is 27.3 Å². The molecule has 2 aromatic rings. The van der Waals surface area contributed by atoms with Crippen molar-refractivity contribution in [3.8, 4) is 0 Å². The molecule has 1 amide bonds. The highest BCUT2D eigenvalue weighted by Crippen LogP contribution is 2.54. The molecule has 5 rings (SSSR count). The lowest BCUT2D eigenvalue weighted by Crippen LogP contribution is -2.52. The van der Waals surface area contributed by atoms with Crippen LogP contribution in [0.3, 0.4) is 0 Å². The molecule has 0 spiro atoms. The zero-order valence-electron chi connectivity index (χ0n) is 21.3. The molecule has 0 aromatic heterocycles. The van der Waals surface area contributed by atoms with Crippen molar-refractivity contribution < 1.29 is 39.9 Å². The summed E-state index contributed by atoms with van der Waals surface area (Å²) in [5, 5.41) is 12.0. The summed E-state index contributed by atoms with van der Waals surface area (Å²) in [4.78, 5) is 12.5. The third-order valence-corrected chi connectivity index (χ3v) is 13.0. The average Bonchev–Trinajstić information content (AvgIpc) is 3.69. The first-order valence-electron chi connectivity index (χ1n) is 12.8. The van der Waals surface area contributed by atoms with E-state index in [9.17, 15) is 39.9 Å². The summed E-state index contributed by atoms with van der Waals surface area (Å²) < 4.78 is 95.4. The van der Waals surface area contributed by atoms with Crippen molar-refractivity contribution in [3.05, 3.63) is 58.4 Å². The number of hydrogen-bond donors (Lipinski definition) is 3. The molecule has 2 aromatic carbocycles. The summed E-state index contributed by atoms with van der Waals surface area (Å²) in [5.74, 6) is -6.64. The molecule has 0 heterocycles. The maximum absolute atomic E-state index is 13.9. The fourth-order valence-electron chi connectivity index (χ4n) is 6.19. The smallest absolute Gasteiger partial charge is 0.255 e. The Kier molecular flexibility index (Phi) is 7.52. The van der Waals surface area contributed by atoms with Gasteiger partial charge in [-0.25, -0.2) is 34.7 Å². The van der Waals surface area contributed by atoms with Gasteiger partial charge in [-0.3, -0.25) is 4.79 Å². The lowest BCUT2D eigenvalue weighted by molar-refractivity contribution is -0.0160. The molecule has 0 aliphatic heterocycles. The van der Waals surface area contributed by atoms with E-state index in [0.29, 0.717) is 31.4 Å². The van der Waals surface area contributed by atoms with Crippen LogP contribution in [0.4, 0.5) is 18.9 Å². The summed E-state index contributed by atoms with van der Waals surface area (Å²) in [6.07, 6.45) is 1.80. The number of rotatable bonds is 8. The first kappa shape index (κ1) is 29.3. The predicted molar refractivity (Wildman–Crippen MR) is 142 cm³/mol. The van der Waals surface area contributed by atoms with Gasteiger partial charge in [0, 0.05) is 29.9 Å². The second-order valence-electron chi connectivity index (χ2n) is 11.2. The maximum atomic E-state index is 13.9. The lowest BCUT2D eigenvalue weighted by Gasteiger charge is -2.41. The Morgan fingerprint density at radius 3 is 2.33 bits per heavy atom. The molecule has 218 valence electrons. The van der Waals surface area contributed by atoms with Gasteiger partial charge in [-0.2, -0.15) is 0 Å². The maximum Gasteiger partial charge on any atom is 0.255 e. The number of carbonyl (C=O) groups excluding carboxylic acids is 1. The molecular formula is C26H28ClF3N2O6S2. The number of benzene rings is 2. The minimum Gasteiger partial charge on any atom is -0.389 e. The molecule has 0 radical (unpaired) electrons. The zero-order valence-corrected chi connectivity index (χ0v) is 23.7. The molecule has 3 saturated carbocycles. The zero-order chi connectivity index (χ0) is 29.2. The second-order valence-corrected chi connectivity index (χ2v) is 15.7. The number of aliphatic hydroxyl groups is 1. The Morgan fingerprint density at radius 1 is 1.07 bits per heavy atom. The number of sulfone groups is 1. The SMILES string of the molecule is C[C@H]1CC2C[C@@](O)(CNS(=O)(=O)C3CC3)CC1[C@@H]2S(=O)(=O)c1cc(C(=O)Nc2cc(F)c(F)c(F)c2)ccc1Cl. The molecule has 8 nitrogen and oxygen atoms in total. The number of halogens is 4. The second kappa shape index (κ2) is 10.3. The molecule has 5 atom stereocenters. The van der Waals surface area contributed by atoms with Crippen molar-refractivity contribution in [2.45, 2.75) is 60.0 Å². The number of fused-ring (bicyclic) bond motifs is 2. The van der Waals surface area contributed by atoms with E-state index in [1.165, 1.54) is 12.1 Å². The Bertz CT molecular complexity index is 1560. The van der Waals surface area contributed by atoms with Crippen LogP contribution >= 0.6 is 11.6 Å². The number of sulfonamides is 1. The van der Waals surface area contributed by atoms with Crippen molar-refractivity contribution in [3.63, 3.8) is 0 Å². The first-order valence-corrected chi connectivity index (χ1v) is 16.3. The van der Waals surface area contributed by atoms with Gasteiger partial charge in [-0.1, -0.05) is 18.5 Å². The Morgan fingerprint density at radius 2 is 1.73 bits per heavy atom. The first-order chi connectivity index (χ1) is 18.6. The number of amides is 1. The van der Waals surface area contributed by atoms with E-state index >= 15 is 0 Å². The van der Waals surface area contributed by atoms with E-state index in [1.54, 1.807) is 0 Å². The van der Waals surface area contributed by atoms with E-state index in [2.05, 4.69) is 10.0 Å². The summed E-state index contributed by atoms with van der Waals surface area (Å²) in [6.45, 7) is 1.69. The van der Waals surface area contributed by atoms with Crippen molar-refractivity contribution in [2.24, 2.45) is 17.8 Å². The van der Waals surface area contributed by atoms with E-state index in [4.69, 9.17) is 11.6 Å². The van der Waals surface area contributed by atoms with Gasteiger partial charge >= 0.3 is 0 Å². The number of hydrogen-bond acceptors (Lipinski definition) is 6. The van der Waals surface area contributed by atoms with Gasteiger partial charge in [-0.15, -0.1) is 0 Å². The fourth-order valence-corrected chi connectivity index (χ4v) is 10.6. The topological polar surface area (TPSA) is 130 Å². The highest BCUT2D eigenvalue weighted by Gasteiger charge is 2.57. The predicted octanol–water partition coefficient (Wildman–Crippen LogP) is 4.03. The minimum atomic E-state index is -4.14. The summed E-state index contributed by atoms with van der Waals surface area (Å²) in [5.41, 5.74) is -1.92. The Balaban J connectivity index is 1.38. The molecular weight excluding hydrogens is 593 g/mol. The van der Waals surface area contributed by atoms with E-state index in [0.717, 1.165) is 6.07 Å². The van der Waals surface area contributed by atoms with Crippen molar-refractivity contribution in [1.82, 2.24) is 4.72 Å². The van der Waals surface area contributed by atoms with Crippen LogP contribution in [0.15, 0.2) is 35.2 Å². The van der Waals surface area contributed by atoms with Crippen LogP contribution in [0.2, 0.25) is 5.02 Å². The molecule has 40 heavy (non-hydrogen) atoms. The number of anilines is 1. The van der Waals surface area contributed by atoms with Gasteiger partial charge < -0.3 is 10.4 Å². The Hall–Kier alpha value is -2.19. The van der Waals surface area contributed by atoms with Crippen LogP contribution in [0.5, 0.6) is 0 Å². The summed E-state index contributed by atoms with van der Waals surface area (Å²) >= 11 is 6.29. The number of nitrogens with one attached hydrogen (secondary N) is 2. The van der Waals surface area contributed by atoms with Crippen LogP contribution in [-0.2, 0) is 19.9 Å². The van der Waals surface area contributed by atoms with Gasteiger partial charge in [0.2, 0.25) is 10.0 Å². The van der Waals surface area contributed by atoms with E-state index in [1.807, 2.05) is 6.92 Å². The van der Waals surface area contributed by atoms with Gasteiger partial charge in [0.25, 0.3) is 5.91 Å². The van der Waals surface area contributed by atoms with E-state index < -0.39 is 71.2 Å². The third-order valence-electron chi connectivity index (χ3n) is 8.22. The quantitative estimate of drug-likeness (QED) is 0.382. The van der Waals surface area contributed by atoms with Gasteiger partial charge in [-0.05, 0) is 68.1 Å². The minimum absolute atomic E-state index is 0.0707. The molecule has 3 fully saturated rings. The standard InChI is InChI=1S/C26H28ClF3N2O6S2/c1-13-6-15-10-26(34,12-31-40(37,38)17-3-4-17)11-18(13)24(15)39(35,36)22-7-14(2-5-19(22)27)25(33)32-16-8-20(28)23(30)21(29)9-16/h2,5,7-9,13,15,17-18,24,31,34H,3-4,6,10-12H2,1H3,(H,32,33)/t13-,15?,18?,24+,26-/m0/s1. The van der Waals surface area contributed by atoms with Crippen molar-refractivity contribution in [1.29, 1.82) is 0 Å². The van der Waals surface area contributed by atoms with Gasteiger partial charge in [0.1, 0.15) is 0 Å². The molecule has 3 N–H and O–H groups in total. The molecule has 0 saturated heterocycles. The third kappa shape index (κ3) is 5.50. The highest BCUT2D eigenvalue weighted by molar-refractivity contribution is 7.92. The monoisotopic (exact) mass is 620 g/mol. The molecule has 14 heteroatoms. The highest BCUT2D eigenvalue weighted by atomic mass is 35.5. The largest absolute Gasteiger partial charge is 0.389 e. The number of carbonyl (C=O) groups is 1. The summed E-state index contributed by atoms with van der Waals surface area (Å²) in [6, 6.07) is 4.74. The van der Waals surface area contributed by atoms with Crippen LogP contribution in [-0.4, -0.2) is 50.5 Å². The average molecular weight is 621 g/mol. The lowest BCUT2D eigenvalue weighted by atomic mass is 9.76. The van der Waals surface area contributed by atoms with Crippen LogP contribution in [0, 0.1) is 35.2 Å². The molecule has 3 aliphatic rings. The van der Waals surface area contributed by atoms with Crippen LogP contribution in [0.1, 0.15) is 49.4 Å². The molecule has 3 aliphatic carbocycles. The molecule has 2 unspecified atom stereocenters. The van der Waals surface area contributed by atoms with Gasteiger partial charge in [0.05, 0.1) is 26.0 Å². The van der Waals surface area contributed by atoms with E-state index in [-0.39, 0.29) is 46.5 Å². The molecule has 2 bridgehead atoms. The van der Waals surface area contributed by atoms with Crippen molar-refractivity contribution in [2.75, 3.05) is 11.9 Å². The van der Waals surface area contributed by atoms with Crippen molar-refractivity contribution >= 4 is 43.1 Å². The van der Waals surface area contributed by atoms with Crippen LogP contribution < -0.4 is 10.0 Å².